The Morgan fingerprint density at radius 1 is 0.491 bits per heavy atom. The summed E-state index contributed by atoms with van der Waals surface area (Å²) in [5.41, 5.74) is 0. The van der Waals surface area contributed by atoms with E-state index in [-0.39, 0.29) is 18.5 Å². The lowest BCUT2D eigenvalue weighted by atomic mass is 10.0. The van der Waals surface area contributed by atoms with Crippen LogP contribution >= 0.6 is 0 Å². The minimum absolute atomic E-state index is 0.0294. The second-order valence-corrected chi connectivity index (χ2v) is 16.8. The van der Waals surface area contributed by atoms with Crippen molar-refractivity contribution < 1.29 is 24.5 Å². The van der Waals surface area contributed by atoms with E-state index in [2.05, 4.69) is 43.5 Å². The van der Waals surface area contributed by atoms with Gasteiger partial charge in [0.1, 0.15) is 0 Å². The van der Waals surface area contributed by atoms with Gasteiger partial charge in [0.15, 0.2) is 0 Å². The third-order valence-electron chi connectivity index (χ3n) is 11.2. The van der Waals surface area contributed by atoms with Crippen LogP contribution in [0.15, 0.2) is 36.5 Å². The van der Waals surface area contributed by atoms with Crippen molar-refractivity contribution in [2.24, 2.45) is 0 Å². The molecule has 6 nitrogen and oxygen atoms in total. The third kappa shape index (κ3) is 43.5. The Hall–Kier alpha value is -1.92. The van der Waals surface area contributed by atoms with E-state index in [0.29, 0.717) is 19.4 Å². The molecule has 0 aromatic rings. The Kier molecular flexibility index (Phi) is 45.2. The lowest BCUT2D eigenvalue weighted by molar-refractivity contribution is -0.143. The number of hydrogen-bond donors (Lipinski definition) is 3. The van der Waals surface area contributed by atoms with Gasteiger partial charge in [-0.2, -0.15) is 0 Å². The molecule has 2 atom stereocenters. The molecular formula is C51H95NO5. The first kappa shape index (κ1) is 55.1. The summed E-state index contributed by atoms with van der Waals surface area (Å²) in [4.78, 5) is 24.4. The van der Waals surface area contributed by atoms with E-state index in [1.807, 2.05) is 6.08 Å². The number of aliphatic hydroxyl groups excluding tert-OH is 2. The molecule has 0 fully saturated rings. The molecule has 0 spiro atoms. The van der Waals surface area contributed by atoms with Crippen LogP contribution in [0, 0.1) is 0 Å². The maximum atomic E-state index is 12.4. The first-order valence-corrected chi connectivity index (χ1v) is 24.8. The Morgan fingerprint density at radius 3 is 1.37 bits per heavy atom. The molecule has 1 amide bonds. The number of carbonyl (C=O) groups excluding carboxylic acids is 2. The van der Waals surface area contributed by atoms with Crippen molar-refractivity contribution in [1.82, 2.24) is 5.32 Å². The topological polar surface area (TPSA) is 95.9 Å². The molecule has 0 aliphatic carbocycles. The van der Waals surface area contributed by atoms with Crippen molar-refractivity contribution in [3.05, 3.63) is 36.5 Å². The number of carbonyl (C=O) groups is 2. The van der Waals surface area contributed by atoms with Crippen LogP contribution in [0.25, 0.3) is 0 Å². The minimum Gasteiger partial charge on any atom is -0.466 e. The van der Waals surface area contributed by atoms with E-state index in [1.54, 1.807) is 6.08 Å². The fraction of sp³-hybridized carbons (Fsp3) is 0.843. The minimum atomic E-state index is -0.859. The maximum absolute atomic E-state index is 12.4. The van der Waals surface area contributed by atoms with E-state index < -0.39 is 12.1 Å². The summed E-state index contributed by atoms with van der Waals surface area (Å²) >= 11 is 0. The summed E-state index contributed by atoms with van der Waals surface area (Å²) < 4.78 is 5.45. The van der Waals surface area contributed by atoms with Gasteiger partial charge in [0.25, 0.3) is 0 Å². The van der Waals surface area contributed by atoms with Gasteiger partial charge >= 0.3 is 5.97 Å². The van der Waals surface area contributed by atoms with Crippen LogP contribution < -0.4 is 5.32 Å². The molecule has 0 bridgehead atoms. The number of unbranched alkanes of at least 4 members (excludes halogenated alkanes) is 30. The van der Waals surface area contributed by atoms with Gasteiger partial charge in [-0.15, -0.1) is 0 Å². The quantitative estimate of drug-likeness (QED) is 0.0324. The van der Waals surface area contributed by atoms with Crippen LogP contribution in [0.4, 0.5) is 0 Å². The first-order valence-electron chi connectivity index (χ1n) is 24.8. The summed E-state index contributed by atoms with van der Waals surface area (Å²) in [5.74, 6) is -0.122. The molecule has 57 heavy (non-hydrogen) atoms. The smallest absolute Gasteiger partial charge is 0.305 e. The van der Waals surface area contributed by atoms with E-state index in [0.717, 1.165) is 64.2 Å². The highest BCUT2D eigenvalue weighted by molar-refractivity contribution is 5.76. The summed E-state index contributed by atoms with van der Waals surface area (Å²) in [6, 6.07) is -0.644. The van der Waals surface area contributed by atoms with Crippen molar-refractivity contribution in [2.45, 2.75) is 264 Å². The molecule has 0 heterocycles. The number of nitrogens with one attached hydrogen (secondary N) is 1. The van der Waals surface area contributed by atoms with Crippen LogP contribution in [0.5, 0.6) is 0 Å². The number of allylic oxidation sites excluding steroid dienone is 5. The Labute approximate surface area is 353 Å². The summed E-state index contributed by atoms with van der Waals surface area (Å²) in [7, 11) is 0. The van der Waals surface area contributed by atoms with Gasteiger partial charge in [-0.3, -0.25) is 9.59 Å². The predicted molar refractivity (Wildman–Crippen MR) is 246 cm³/mol. The van der Waals surface area contributed by atoms with Crippen molar-refractivity contribution >= 4 is 11.9 Å². The average Bonchev–Trinajstić information content (AvgIpc) is 3.21. The van der Waals surface area contributed by atoms with Gasteiger partial charge in [0.05, 0.1) is 25.4 Å². The number of aliphatic hydroxyl groups is 2. The zero-order valence-electron chi connectivity index (χ0n) is 37.8. The van der Waals surface area contributed by atoms with Gasteiger partial charge in [-0.05, 0) is 64.2 Å². The van der Waals surface area contributed by atoms with E-state index in [4.69, 9.17) is 4.74 Å². The Morgan fingerprint density at radius 2 is 0.877 bits per heavy atom. The molecule has 3 N–H and O–H groups in total. The number of esters is 1. The molecule has 0 aliphatic heterocycles. The summed E-state index contributed by atoms with van der Waals surface area (Å²) in [6.07, 6.45) is 55.6. The SMILES string of the molecule is CCCCC/C=C\C/C=C\CCCCCCCCCC(=O)OCCCCCCCCCCCCC(=O)NC(CO)C(O)/C=C/CCCCCCCCCCCCC. The average molecular weight is 802 g/mol. The first-order chi connectivity index (χ1) is 28.0. The van der Waals surface area contributed by atoms with Crippen LogP contribution in [0.1, 0.15) is 251 Å². The third-order valence-corrected chi connectivity index (χ3v) is 11.2. The molecule has 334 valence electrons. The highest BCUT2D eigenvalue weighted by Gasteiger charge is 2.18. The highest BCUT2D eigenvalue weighted by Crippen LogP contribution is 2.15. The molecule has 0 radical (unpaired) electrons. The van der Waals surface area contributed by atoms with Gasteiger partial charge in [0, 0.05) is 12.8 Å². The normalized spacial score (nSPS) is 13.0. The van der Waals surface area contributed by atoms with Gasteiger partial charge in [-0.25, -0.2) is 0 Å². The molecule has 2 unspecified atom stereocenters. The largest absolute Gasteiger partial charge is 0.466 e. The lowest BCUT2D eigenvalue weighted by Gasteiger charge is -2.20. The van der Waals surface area contributed by atoms with Crippen LogP contribution in [-0.4, -0.2) is 47.4 Å². The highest BCUT2D eigenvalue weighted by atomic mass is 16.5. The van der Waals surface area contributed by atoms with E-state index in [9.17, 15) is 19.8 Å². The fourth-order valence-electron chi connectivity index (χ4n) is 7.31. The summed E-state index contributed by atoms with van der Waals surface area (Å²) in [6.45, 7) is 4.81. The van der Waals surface area contributed by atoms with Crippen molar-refractivity contribution in [2.75, 3.05) is 13.2 Å². The zero-order valence-corrected chi connectivity index (χ0v) is 37.8. The molecular weight excluding hydrogens is 707 g/mol. The van der Waals surface area contributed by atoms with Gasteiger partial charge in [-0.1, -0.05) is 211 Å². The van der Waals surface area contributed by atoms with Crippen molar-refractivity contribution in [3.63, 3.8) is 0 Å². The summed E-state index contributed by atoms with van der Waals surface area (Å²) in [5, 5.41) is 23.0. The Bertz CT molecular complexity index is 931. The second kappa shape index (κ2) is 46.8. The lowest BCUT2D eigenvalue weighted by Crippen LogP contribution is -2.45. The number of rotatable bonds is 45. The predicted octanol–water partition coefficient (Wildman–Crippen LogP) is 14.5. The number of amides is 1. The van der Waals surface area contributed by atoms with Crippen LogP contribution in [-0.2, 0) is 14.3 Å². The van der Waals surface area contributed by atoms with Gasteiger partial charge < -0.3 is 20.3 Å². The van der Waals surface area contributed by atoms with Crippen LogP contribution in [0.2, 0.25) is 0 Å². The molecule has 0 aromatic carbocycles. The number of hydrogen-bond acceptors (Lipinski definition) is 5. The monoisotopic (exact) mass is 802 g/mol. The number of ether oxygens (including phenoxy) is 1. The van der Waals surface area contributed by atoms with Gasteiger partial charge in [0.2, 0.25) is 5.91 Å². The van der Waals surface area contributed by atoms with Crippen LogP contribution in [0.3, 0.4) is 0 Å². The standard InChI is InChI=1S/C51H95NO5/c1-3-5-7-9-11-13-15-17-18-19-20-22-24-29-33-37-41-45-51(56)57-46-42-38-34-30-26-25-28-32-36-40-44-50(55)52-48(47-53)49(54)43-39-35-31-27-23-21-16-14-12-10-8-6-4-2/h11,13,17-18,39,43,48-49,53-54H,3-10,12,14-16,19-38,40-42,44-47H2,1-2H3,(H,52,55)/b13-11-,18-17-,43-39+. The van der Waals surface area contributed by atoms with E-state index in [1.165, 1.54) is 161 Å². The molecule has 0 aromatic heterocycles. The molecule has 0 saturated heterocycles. The maximum Gasteiger partial charge on any atom is 0.305 e. The van der Waals surface area contributed by atoms with E-state index >= 15 is 0 Å². The molecule has 6 heteroatoms. The van der Waals surface area contributed by atoms with Crippen molar-refractivity contribution in [3.8, 4) is 0 Å². The molecule has 0 saturated carbocycles. The van der Waals surface area contributed by atoms with Crippen molar-refractivity contribution in [1.29, 1.82) is 0 Å². The molecule has 0 rings (SSSR count). The Balaban J connectivity index is 3.52. The molecule has 0 aliphatic rings. The zero-order chi connectivity index (χ0) is 41.5. The fourth-order valence-corrected chi connectivity index (χ4v) is 7.31. The second-order valence-electron chi connectivity index (χ2n) is 16.8.